The summed E-state index contributed by atoms with van der Waals surface area (Å²) >= 11 is 5.08. The van der Waals surface area contributed by atoms with Crippen molar-refractivity contribution in [3.05, 3.63) is 0 Å². The van der Waals surface area contributed by atoms with Gasteiger partial charge >= 0.3 is 0 Å². The second kappa shape index (κ2) is 6.34. The number of carbonyl (C=O) groups is 1. The van der Waals surface area contributed by atoms with Gasteiger partial charge in [-0.15, -0.1) is 0 Å². The van der Waals surface area contributed by atoms with Crippen LogP contribution in [0.3, 0.4) is 0 Å². The third-order valence-corrected chi connectivity index (χ3v) is 4.48. The van der Waals surface area contributed by atoms with Crippen LogP contribution in [0.4, 0.5) is 0 Å². The van der Waals surface area contributed by atoms with Gasteiger partial charge in [-0.3, -0.25) is 4.79 Å². The summed E-state index contributed by atoms with van der Waals surface area (Å²) in [5.74, 6) is -0.0267. The molecule has 1 amide bonds. The molecule has 0 bridgehead atoms. The number of hydrogen-bond acceptors (Lipinski definition) is 2. The van der Waals surface area contributed by atoms with Crippen molar-refractivity contribution in [3.8, 4) is 0 Å². The van der Waals surface area contributed by atoms with Gasteiger partial charge in [0, 0.05) is 5.54 Å². The van der Waals surface area contributed by atoms with Crippen LogP contribution in [-0.4, -0.2) is 16.4 Å². The molecule has 0 radical (unpaired) electrons. The van der Waals surface area contributed by atoms with Gasteiger partial charge in [-0.25, -0.2) is 0 Å². The molecule has 3 N–H and O–H groups in total. The number of nitrogens with one attached hydrogen (secondary N) is 1. The minimum atomic E-state index is -0.694. The molecular formula is C13H26N2OS. The van der Waals surface area contributed by atoms with Gasteiger partial charge in [0.2, 0.25) is 5.91 Å². The summed E-state index contributed by atoms with van der Waals surface area (Å²) in [6.07, 6.45) is 3.09. The Labute approximate surface area is 111 Å². The molecule has 0 saturated heterocycles. The Bertz CT molecular complexity index is 281. The van der Waals surface area contributed by atoms with Gasteiger partial charge in [-0.05, 0) is 32.6 Å². The van der Waals surface area contributed by atoms with Crippen LogP contribution in [0.5, 0.6) is 0 Å². The van der Waals surface area contributed by atoms with Gasteiger partial charge in [0.1, 0.15) is 0 Å². The number of carbonyl (C=O) groups excluding carboxylic acids is 1. The van der Waals surface area contributed by atoms with Crippen LogP contribution in [0.1, 0.15) is 60.3 Å². The summed E-state index contributed by atoms with van der Waals surface area (Å²) < 4.78 is 0. The van der Waals surface area contributed by atoms with E-state index < -0.39 is 5.41 Å². The largest absolute Gasteiger partial charge is 0.392 e. The summed E-state index contributed by atoms with van der Waals surface area (Å²) in [7, 11) is 0. The first-order valence-electron chi connectivity index (χ1n) is 6.44. The number of thiocarbonyl (C=S) groups is 1. The van der Waals surface area contributed by atoms with Crippen LogP contribution in [0.2, 0.25) is 0 Å². The fourth-order valence-electron chi connectivity index (χ4n) is 1.85. The molecule has 0 saturated carbocycles. The predicted molar refractivity (Wildman–Crippen MR) is 76.9 cm³/mol. The highest BCUT2D eigenvalue weighted by molar-refractivity contribution is 7.80. The molecule has 0 rings (SSSR count). The van der Waals surface area contributed by atoms with Crippen LogP contribution in [-0.2, 0) is 4.79 Å². The lowest BCUT2D eigenvalue weighted by Crippen LogP contribution is -2.55. The Morgan fingerprint density at radius 1 is 1.12 bits per heavy atom. The Balaban J connectivity index is 5.06. The molecule has 0 unspecified atom stereocenters. The van der Waals surface area contributed by atoms with Crippen molar-refractivity contribution in [2.45, 2.75) is 65.8 Å². The van der Waals surface area contributed by atoms with Gasteiger partial charge < -0.3 is 11.1 Å². The first-order valence-corrected chi connectivity index (χ1v) is 6.85. The molecule has 0 aliphatic rings. The zero-order chi connectivity index (χ0) is 13.7. The van der Waals surface area contributed by atoms with Crippen molar-refractivity contribution >= 4 is 23.1 Å². The van der Waals surface area contributed by atoms with Gasteiger partial charge in [0.25, 0.3) is 0 Å². The Hall–Kier alpha value is -0.640. The van der Waals surface area contributed by atoms with Crippen LogP contribution in [0.25, 0.3) is 0 Å². The van der Waals surface area contributed by atoms with Gasteiger partial charge in [-0.2, -0.15) is 0 Å². The number of nitrogens with two attached hydrogens (primary N) is 1. The summed E-state index contributed by atoms with van der Waals surface area (Å²) in [6, 6.07) is 0. The molecule has 0 aromatic rings. The number of rotatable bonds is 7. The van der Waals surface area contributed by atoms with E-state index in [4.69, 9.17) is 18.0 Å². The smallest absolute Gasteiger partial charge is 0.233 e. The molecule has 0 atom stereocenters. The van der Waals surface area contributed by atoms with Gasteiger partial charge in [0.15, 0.2) is 0 Å². The third kappa shape index (κ3) is 3.41. The summed E-state index contributed by atoms with van der Waals surface area (Å²) in [6.45, 7) is 10.1. The topological polar surface area (TPSA) is 55.1 Å². The molecule has 0 aliphatic carbocycles. The van der Waals surface area contributed by atoms with E-state index >= 15 is 0 Å². The van der Waals surface area contributed by atoms with Gasteiger partial charge in [0.05, 0.1) is 10.4 Å². The van der Waals surface area contributed by atoms with E-state index in [1.165, 1.54) is 0 Å². The first kappa shape index (κ1) is 16.4. The maximum atomic E-state index is 12.4. The molecule has 4 heteroatoms. The molecule has 17 heavy (non-hydrogen) atoms. The van der Waals surface area contributed by atoms with E-state index in [0.29, 0.717) is 17.8 Å². The average Bonchev–Trinajstić information content (AvgIpc) is 2.30. The van der Waals surface area contributed by atoms with Crippen molar-refractivity contribution in [1.82, 2.24) is 5.32 Å². The minimum Gasteiger partial charge on any atom is -0.392 e. The lowest BCUT2D eigenvalue weighted by molar-refractivity contribution is -0.129. The van der Waals surface area contributed by atoms with E-state index in [0.717, 1.165) is 12.8 Å². The van der Waals surface area contributed by atoms with E-state index in [-0.39, 0.29) is 11.4 Å². The van der Waals surface area contributed by atoms with Crippen molar-refractivity contribution in [2.75, 3.05) is 0 Å². The zero-order valence-electron chi connectivity index (χ0n) is 11.7. The lowest BCUT2D eigenvalue weighted by atomic mass is 9.80. The molecule has 100 valence electrons. The molecule has 0 heterocycles. The van der Waals surface area contributed by atoms with Crippen molar-refractivity contribution < 1.29 is 4.79 Å². The van der Waals surface area contributed by atoms with Gasteiger partial charge in [-0.1, -0.05) is 39.9 Å². The summed E-state index contributed by atoms with van der Waals surface area (Å²) in [5.41, 5.74) is 4.90. The standard InChI is InChI=1S/C13H26N2OS/c1-6-12(5,7-2)15-11(16)13(8-3,9-4)10(14)17/h6-9H2,1-5H3,(H2,14,17)(H,15,16). The van der Waals surface area contributed by atoms with E-state index in [2.05, 4.69) is 26.1 Å². The normalized spacial score (nSPS) is 12.3. The third-order valence-electron chi connectivity index (χ3n) is 4.09. The van der Waals surface area contributed by atoms with Crippen molar-refractivity contribution in [3.63, 3.8) is 0 Å². The molecule has 0 aliphatic heterocycles. The van der Waals surface area contributed by atoms with E-state index in [1.54, 1.807) is 0 Å². The SMILES string of the molecule is CCC(C)(CC)NC(=O)C(CC)(CC)C(N)=S. The molecule has 0 aromatic heterocycles. The maximum absolute atomic E-state index is 12.4. The zero-order valence-corrected chi connectivity index (χ0v) is 12.5. The van der Waals surface area contributed by atoms with Crippen LogP contribution in [0, 0.1) is 5.41 Å². The number of hydrogen-bond donors (Lipinski definition) is 2. The number of amides is 1. The molecule has 0 aromatic carbocycles. The fourth-order valence-corrected chi connectivity index (χ4v) is 2.23. The quantitative estimate of drug-likeness (QED) is 0.690. The Kier molecular flexibility index (Phi) is 6.10. The first-order chi connectivity index (χ1) is 7.81. The molecule has 3 nitrogen and oxygen atoms in total. The van der Waals surface area contributed by atoms with Crippen molar-refractivity contribution in [2.24, 2.45) is 11.1 Å². The maximum Gasteiger partial charge on any atom is 0.233 e. The van der Waals surface area contributed by atoms with Crippen LogP contribution >= 0.6 is 12.2 Å². The van der Waals surface area contributed by atoms with Crippen LogP contribution < -0.4 is 11.1 Å². The highest BCUT2D eigenvalue weighted by atomic mass is 32.1. The Morgan fingerprint density at radius 2 is 1.53 bits per heavy atom. The van der Waals surface area contributed by atoms with Crippen molar-refractivity contribution in [1.29, 1.82) is 0 Å². The van der Waals surface area contributed by atoms with E-state index in [9.17, 15) is 4.79 Å². The minimum absolute atomic E-state index is 0.0267. The fraction of sp³-hybridized carbons (Fsp3) is 0.846. The second-order valence-electron chi connectivity index (χ2n) is 4.88. The second-order valence-corrected chi connectivity index (χ2v) is 5.32. The molecule has 0 fully saturated rings. The summed E-state index contributed by atoms with van der Waals surface area (Å²) in [5, 5.41) is 3.11. The highest BCUT2D eigenvalue weighted by Crippen LogP contribution is 2.29. The predicted octanol–water partition coefficient (Wildman–Crippen LogP) is 2.77. The average molecular weight is 258 g/mol. The summed E-state index contributed by atoms with van der Waals surface area (Å²) in [4.78, 5) is 12.7. The monoisotopic (exact) mass is 258 g/mol. The van der Waals surface area contributed by atoms with E-state index in [1.807, 2.05) is 13.8 Å². The highest BCUT2D eigenvalue weighted by Gasteiger charge is 2.40. The Morgan fingerprint density at radius 3 is 1.76 bits per heavy atom. The molecular weight excluding hydrogens is 232 g/mol. The van der Waals surface area contributed by atoms with Crippen LogP contribution in [0.15, 0.2) is 0 Å². The lowest BCUT2D eigenvalue weighted by Gasteiger charge is -2.35. The molecule has 0 spiro atoms.